The number of carbonyl (C=O) groups excluding carboxylic acids is 2. The summed E-state index contributed by atoms with van der Waals surface area (Å²) in [7, 11) is 0. The number of hydrogen-bond acceptors (Lipinski definition) is 3. The van der Waals surface area contributed by atoms with Gasteiger partial charge in [-0.05, 0) is 31.0 Å². The molecule has 0 aromatic heterocycles. The van der Waals surface area contributed by atoms with Crippen molar-refractivity contribution in [1.82, 2.24) is 0 Å². The number of anilines is 1. The third kappa shape index (κ3) is 4.00. The number of ketones is 1. The zero-order valence-corrected chi connectivity index (χ0v) is 11.8. The molecule has 108 valence electrons. The van der Waals surface area contributed by atoms with E-state index in [1.54, 1.807) is 36.4 Å². The van der Waals surface area contributed by atoms with Gasteiger partial charge in [0.25, 0.3) is 11.7 Å². The van der Waals surface area contributed by atoms with Crippen LogP contribution in [0.3, 0.4) is 0 Å². The Hall–Kier alpha value is -2.46. The van der Waals surface area contributed by atoms with Crippen LogP contribution in [0.15, 0.2) is 48.5 Å². The number of benzene rings is 2. The van der Waals surface area contributed by atoms with Crippen LogP contribution in [0.25, 0.3) is 0 Å². The summed E-state index contributed by atoms with van der Waals surface area (Å²) in [4.78, 5) is 23.9. The molecule has 1 amide bonds. The predicted octanol–water partition coefficient (Wildman–Crippen LogP) is 2.35. The lowest BCUT2D eigenvalue weighted by molar-refractivity contribution is -0.112. The average molecular weight is 283 g/mol. The van der Waals surface area contributed by atoms with E-state index in [0.29, 0.717) is 17.7 Å². The fourth-order valence-electron chi connectivity index (χ4n) is 1.91. The second-order valence-corrected chi connectivity index (χ2v) is 4.82. The van der Waals surface area contributed by atoms with Crippen molar-refractivity contribution >= 4 is 17.4 Å². The number of aliphatic hydroxyl groups excluding tert-OH is 1. The van der Waals surface area contributed by atoms with Gasteiger partial charge in [-0.3, -0.25) is 9.59 Å². The molecule has 0 aliphatic carbocycles. The molecule has 0 saturated heterocycles. The van der Waals surface area contributed by atoms with Crippen LogP contribution in [0.4, 0.5) is 5.69 Å². The fraction of sp³-hybridized carbons (Fsp3) is 0.176. The molecule has 4 heteroatoms. The molecular weight excluding hydrogens is 266 g/mol. The SMILES string of the molecule is Cc1ccc(C(=O)C(=O)Nc2ccc(CCO)cc2)cc1. The van der Waals surface area contributed by atoms with Crippen molar-refractivity contribution in [2.45, 2.75) is 13.3 Å². The summed E-state index contributed by atoms with van der Waals surface area (Å²) < 4.78 is 0. The zero-order chi connectivity index (χ0) is 15.2. The smallest absolute Gasteiger partial charge is 0.296 e. The van der Waals surface area contributed by atoms with Crippen LogP contribution in [0.2, 0.25) is 0 Å². The van der Waals surface area contributed by atoms with E-state index in [0.717, 1.165) is 11.1 Å². The van der Waals surface area contributed by atoms with Crippen molar-refractivity contribution in [3.8, 4) is 0 Å². The Balaban J connectivity index is 2.03. The summed E-state index contributed by atoms with van der Waals surface area (Å²) in [5.41, 5.74) is 2.93. The molecular formula is C17H17NO3. The monoisotopic (exact) mass is 283 g/mol. The van der Waals surface area contributed by atoms with Crippen molar-refractivity contribution in [1.29, 1.82) is 0 Å². The van der Waals surface area contributed by atoms with E-state index in [1.807, 2.05) is 19.1 Å². The number of rotatable bonds is 5. The number of nitrogens with one attached hydrogen (secondary N) is 1. The van der Waals surface area contributed by atoms with Gasteiger partial charge < -0.3 is 10.4 Å². The minimum absolute atomic E-state index is 0.0810. The Kier molecular flexibility index (Phi) is 4.85. The molecule has 2 N–H and O–H groups in total. The third-order valence-electron chi connectivity index (χ3n) is 3.13. The van der Waals surface area contributed by atoms with E-state index in [-0.39, 0.29) is 6.61 Å². The largest absolute Gasteiger partial charge is 0.396 e. The maximum atomic E-state index is 12.0. The van der Waals surface area contributed by atoms with E-state index in [1.165, 1.54) is 0 Å². The van der Waals surface area contributed by atoms with E-state index < -0.39 is 11.7 Å². The fourth-order valence-corrected chi connectivity index (χ4v) is 1.91. The number of aryl methyl sites for hydroxylation is 1. The normalized spacial score (nSPS) is 10.2. The minimum atomic E-state index is -0.659. The first-order chi connectivity index (χ1) is 10.1. The third-order valence-corrected chi connectivity index (χ3v) is 3.13. The van der Waals surface area contributed by atoms with Crippen LogP contribution in [0.1, 0.15) is 21.5 Å². The maximum Gasteiger partial charge on any atom is 0.296 e. The Morgan fingerprint density at radius 1 is 1.00 bits per heavy atom. The molecule has 0 bridgehead atoms. The number of carbonyl (C=O) groups is 2. The topological polar surface area (TPSA) is 66.4 Å². The number of amides is 1. The first-order valence-corrected chi connectivity index (χ1v) is 6.72. The molecule has 4 nitrogen and oxygen atoms in total. The van der Waals surface area contributed by atoms with Gasteiger partial charge in [-0.15, -0.1) is 0 Å². The lowest BCUT2D eigenvalue weighted by atomic mass is 10.1. The molecule has 0 radical (unpaired) electrons. The zero-order valence-electron chi connectivity index (χ0n) is 11.8. The summed E-state index contributed by atoms with van der Waals surface area (Å²) in [6, 6.07) is 13.9. The van der Waals surface area contributed by atoms with Crippen LogP contribution >= 0.6 is 0 Å². The van der Waals surface area contributed by atoms with E-state index in [4.69, 9.17) is 5.11 Å². The second-order valence-electron chi connectivity index (χ2n) is 4.82. The van der Waals surface area contributed by atoms with Gasteiger partial charge in [0.05, 0.1) is 0 Å². The molecule has 0 fully saturated rings. The quantitative estimate of drug-likeness (QED) is 0.654. The molecule has 0 aliphatic rings. The van der Waals surface area contributed by atoms with Gasteiger partial charge in [0, 0.05) is 17.9 Å². The van der Waals surface area contributed by atoms with Gasteiger partial charge in [-0.2, -0.15) is 0 Å². The Bertz CT molecular complexity index is 630. The van der Waals surface area contributed by atoms with Gasteiger partial charge in [-0.25, -0.2) is 0 Å². The van der Waals surface area contributed by atoms with Gasteiger partial charge in [0.1, 0.15) is 0 Å². The molecule has 0 aliphatic heterocycles. The summed E-state index contributed by atoms with van der Waals surface area (Å²) in [6.07, 6.45) is 0.566. The van der Waals surface area contributed by atoms with Gasteiger partial charge in [0.15, 0.2) is 0 Å². The summed E-state index contributed by atoms with van der Waals surface area (Å²) in [5, 5.41) is 11.4. The highest BCUT2D eigenvalue weighted by Gasteiger charge is 2.15. The molecule has 0 heterocycles. The van der Waals surface area contributed by atoms with Gasteiger partial charge >= 0.3 is 0 Å². The van der Waals surface area contributed by atoms with E-state index in [9.17, 15) is 9.59 Å². The van der Waals surface area contributed by atoms with Crippen LogP contribution in [0.5, 0.6) is 0 Å². The van der Waals surface area contributed by atoms with E-state index in [2.05, 4.69) is 5.32 Å². The molecule has 0 atom stereocenters. The standard InChI is InChI=1S/C17H17NO3/c1-12-2-6-14(7-3-12)16(20)17(21)18-15-8-4-13(5-9-15)10-11-19/h2-9,19H,10-11H2,1H3,(H,18,21). The first-order valence-electron chi connectivity index (χ1n) is 6.72. The predicted molar refractivity (Wildman–Crippen MR) is 81.4 cm³/mol. The summed E-state index contributed by atoms with van der Waals surface area (Å²) in [5.74, 6) is -1.22. The molecule has 2 aromatic rings. The summed E-state index contributed by atoms with van der Waals surface area (Å²) >= 11 is 0. The number of hydrogen-bond donors (Lipinski definition) is 2. The molecule has 0 saturated carbocycles. The van der Waals surface area contributed by atoms with Crippen LogP contribution in [-0.4, -0.2) is 23.4 Å². The maximum absolute atomic E-state index is 12.0. The van der Waals surface area contributed by atoms with Crippen LogP contribution < -0.4 is 5.32 Å². The molecule has 21 heavy (non-hydrogen) atoms. The van der Waals surface area contributed by atoms with Crippen molar-refractivity contribution in [2.75, 3.05) is 11.9 Å². The molecule has 2 rings (SSSR count). The first kappa shape index (κ1) is 14.9. The van der Waals surface area contributed by atoms with Crippen molar-refractivity contribution in [3.63, 3.8) is 0 Å². The van der Waals surface area contributed by atoms with Gasteiger partial charge in [0.2, 0.25) is 0 Å². The molecule has 0 unspecified atom stereocenters. The summed E-state index contributed by atoms with van der Waals surface area (Å²) in [6.45, 7) is 2.00. The lowest BCUT2D eigenvalue weighted by Gasteiger charge is -2.06. The van der Waals surface area contributed by atoms with Crippen molar-refractivity contribution in [3.05, 3.63) is 65.2 Å². The highest BCUT2D eigenvalue weighted by atomic mass is 16.3. The highest BCUT2D eigenvalue weighted by molar-refractivity contribution is 6.46. The second kappa shape index (κ2) is 6.81. The highest BCUT2D eigenvalue weighted by Crippen LogP contribution is 2.11. The number of Topliss-reactive ketones (excluding diaryl/α,β-unsaturated/α-hetero) is 1. The van der Waals surface area contributed by atoms with Crippen LogP contribution in [-0.2, 0) is 11.2 Å². The Morgan fingerprint density at radius 2 is 1.62 bits per heavy atom. The molecule has 2 aromatic carbocycles. The van der Waals surface area contributed by atoms with Crippen molar-refractivity contribution in [2.24, 2.45) is 0 Å². The Labute approximate surface area is 123 Å². The minimum Gasteiger partial charge on any atom is -0.396 e. The van der Waals surface area contributed by atoms with E-state index >= 15 is 0 Å². The van der Waals surface area contributed by atoms with Crippen LogP contribution in [0, 0.1) is 6.92 Å². The average Bonchev–Trinajstić information content (AvgIpc) is 2.49. The van der Waals surface area contributed by atoms with Gasteiger partial charge in [-0.1, -0.05) is 42.0 Å². The lowest BCUT2D eigenvalue weighted by Crippen LogP contribution is -2.22. The van der Waals surface area contributed by atoms with Crippen molar-refractivity contribution < 1.29 is 14.7 Å². The Morgan fingerprint density at radius 3 is 2.19 bits per heavy atom. The number of aliphatic hydroxyl groups is 1. The molecule has 0 spiro atoms.